The maximum absolute atomic E-state index is 13.0. The summed E-state index contributed by atoms with van der Waals surface area (Å²) in [6.07, 6.45) is 10.5. The summed E-state index contributed by atoms with van der Waals surface area (Å²) < 4.78 is 18.6. The average Bonchev–Trinajstić information content (AvgIpc) is 3.52. The number of nitrogens with zero attached hydrogens (tertiary/aromatic N) is 3. The van der Waals surface area contributed by atoms with E-state index in [0.717, 1.165) is 11.9 Å². The van der Waals surface area contributed by atoms with Crippen molar-refractivity contribution in [3.63, 3.8) is 0 Å². The lowest BCUT2D eigenvalue weighted by Gasteiger charge is -2.19. The van der Waals surface area contributed by atoms with Gasteiger partial charge in [0, 0.05) is 17.1 Å². The number of ketones is 1. The Hall–Kier alpha value is -3.94. The zero-order valence-corrected chi connectivity index (χ0v) is 24.9. The van der Waals surface area contributed by atoms with Gasteiger partial charge in [-0.3, -0.25) is 4.79 Å². The predicted molar refractivity (Wildman–Crippen MR) is 159 cm³/mol. The highest BCUT2D eigenvalue weighted by Gasteiger charge is 2.22. The van der Waals surface area contributed by atoms with E-state index in [-0.39, 0.29) is 18.9 Å². The van der Waals surface area contributed by atoms with Gasteiger partial charge in [-0.25, -0.2) is 4.79 Å². The zero-order chi connectivity index (χ0) is 29.4. The Labute approximate surface area is 242 Å². The number of Topliss-reactive ketones (excluding diaryl/α,β-unsaturated/α-hetero) is 1. The van der Waals surface area contributed by atoms with Gasteiger partial charge < -0.3 is 18.6 Å². The van der Waals surface area contributed by atoms with E-state index in [1.54, 1.807) is 31.3 Å². The molecule has 0 amide bonds. The second kappa shape index (κ2) is 13.6. The van der Waals surface area contributed by atoms with Gasteiger partial charge in [0.1, 0.15) is 18.0 Å². The van der Waals surface area contributed by atoms with Crippen molar-refractivity contribution < 1.29 is 23.6 Å². The second-order valence-electron chi connectivity index (χ2n) is 11.5. The van der Waals surface area contributed by atoms with E-state index < -0.39 is 11.6 Å². The molecular formula is C33H41N3O5. The Kier molecular flexibility index (Phi) is 9.97. The van der Waals surface area contributed by atoms with E-state index >= 15 is 0 Å². The van der Waals surface area contributed by atoms with Crippen molar-refractivity contribution in [3.05, 3.63) is 65.6 Å². The molecule has 0 fully saturated rings. The van der Waals surface area contributed by atoms with Gasteiger partial charge in [0.05, 0.1) is 17.7 Å². The molecule has 0 aliphatic heterocycles. The second-order valence-corrected chi connectivity index (χ2v) is 11.5. The summed E-state index contributed by atoms with van der Waals surface area (Å²) >= 11 is 0. The van der Waals surface area contributed by atoms with Crippen LogP contribution in [0.4, 0.5) is 0 Å². The monoisotopic (exact) mass is 559 g/mol. The van der Waals surface area contributed by atoms with Crippen LogP contribution in [-0.2, 0) is 22.5 Å². The van der Waals surface area contributed by atoms with Crippen LogP contribution in [0, 0.1) is 6.92 Å². The van der Waals surface area contributed by atoms with Crippen molar-refractivity contribution in [2.75, 3.05) is 6.61 Å². The van der Waals surface area contributed by atoms with E-state index in [4.69, 9.17) is 14.0 Å². The fourth-order valence-electron chi connectivity index (χ4n) is 4.73. The first kappa shape index (κ1) is 30.0. The van der Waals surface area contributed by atoms with Gasteiger partial charge in [0.25, 0.3) is 5.89 Å². The summed E-state index contributed by atoms with van der Waals surface area (Å²) in [7, 11) is 0. The average molecular weight is 560 g/mol. The molecule has 0 saturated heterocycles. The minimum atomic E-state index is -0.620. The van der Waals surface area contributed by atoms with E-state index in [0.29, 0.717) is 34.0 Å². The third-order valence-electron chi connectivity index (χ3n) is 6.76. The summed E-state index contributed by atoms with van der Waals surface area (Å²) in [6.45, 7) is 9.48. The zero-order valence-electron chi connectivity index (χ0n) is 24.9. The Morgan fingerprint density at radius 2 is 1.71 bits per heavy atom. The molecular weight excluding hydrogens is 518 g/mol. The molecule has 0 unspecified atom stereocenters. The molecule has 0 atom stereocenters. The predicted octanol–water partition coefficient (Wildman–Crippen LogP) is 7.51. The number of carbonyl (C=O) groups excluding carboxylic acids is 2. The largest absolute Gasteiger partial charge is 0.486 e. The molecule has 0 spiro atoms. The number of rotatable bonds is 14. The fourth-order valence-corrected chi connectivity index (χ4v) is 4.73. The highest BCUT2D eigenvalue weighted by atomic mass is 16.6. The van der Waals surface area contributed by atoms with Crippen molar-refractivity contribution in [2.45, 2.75) is 91.7 Å². The maximum Gasteiger partial charge on any atom is 0.338 e. The lowest BCUT2D eigenvalue weighted by molar-refractivity contribution is -0.121. The standard InChI is InChI=1S/C33H41N3O5/c1-6-7-8-9-10-11-12-24-13-16-27(17-14-24)39-22-26(37)20-36-21-29(31-34-23(2)35-41-31)28-19-25(15-18-30(28)36)32(38)40-33(3,4)5/h13-19,21H,6-12,20,22H2,1-5H3. The molecule has 41 heavy (non-hydrogen) atoms. The summed E-state index contributed by atoms with van der Waals surface area (Å²) in [5.74, 6) is 0.959. The summed E-state index contributed by atoms with van der Waals surface area (Å²) in [6, 6.07) is 13.3. The van der Waals surface area contributed by atoms with Gasteiger partial charge in [-0.05, 0) is 76.4 Å². The topological polar surface area (TPSA) is 96.5 Å². The maximum atomic E-state index is 13.0. The van der Waals surface area contributed by atoms with Crippen LogP contribution in [-0.4, -0.2) is 38.7 Å². The molecule has 0 aliphatic carbocycles. The van der Waals surface area contributed by atoms with Crippen LogP contribution < -0.4 is 4.74 Å². The number of aryl methyl sites for hydroxylation is 2. The van der Waals surface area contributed by atoms with Crippen LogP contribution in [0.15, 0.2) is 53.2 Å². The summed E-state index contributed by atoms with van der Waals surface area (Å²) in [4.78, 5) is 30.0. The minimum Gasteiger partial charge on any atom is -0.486 e. The Bertz CT molecular complexity index is 1460. The number of esters is 1. The Balaban J connectivity index is 1.41. The number of carbonyl (C=O) groups is 2. The Morgan fingerprint density at radius 1 is 0.976 bits per heavy atom. The van der Waals surface area contributed by atoms with Crippen LogP contribution in [0.5, 0.6) is 5.75 Å². The lowest BCUT2D eigenvalue weighted by atomic mass is 10.0. The van der Waals surface area contributed by atoms with Gasteiger partial charge in [0.15, 0.2) is 11.6 Å². The molecule has 4 aromatic rings. The third kappa shape index (κ3) is 8.52. The first-order valence-corrected chi connectivity index (χ1v) is 14.5. The smallest absolute Gasteiger partial charge is 0.338 e. The van der Waals surface area contributed by atoms with Crippen LogP contribution in [0.25, 0.3) is 22.4 Å². The Morgan fingerprint density at radius 3 is 2.39 bits per heavy atom. The van der Waals surface area contributed by atoms with Gasteiger partial charge in [-0.2, -0.15) is 4.98 Å². The summed E-state index contributed by atoms with van der Waals surface area (Å²) in [5.41, 5.74) is 2.46. The molecule has 0 radical (unpaired) electrons. The van der Waals surface area contributed by atoms with E-state index in [2.05, 4.69) is 29.2 Å². The highest BCUT2D eigenvalue weighted by molar-refractivity contribution is 6.00. The first-order valence-electron chi connectivity index (χ1n) is 14.5. The van der Waals surface area contributed by atoms with Crippen molar-refractivity contribution in [1.29, 1.82) is 0 Å². The molecule has 8 nitrogen and oxygen atoms in total. The molecule has 218 valence electrons. The quantitative estimate of drug-likeness (QED) is 0.116. The van der Waals surface area contributed by atoms with Gasteiger partial charge in [-0.15, -0.1) is 0 Å². The molecule has 8 heteroatoms. The molecule has 2 aromatic carbocycles. The lowest BCUT2D eigenvalue weighted by Crippen LogP contribution is -2.23. The van der Waals surface area contributed by atoms with Crippen molar-refractivity contribution in [3.8, 4) is 17.2 Å². The van der Waals surface area contributed by atoms with Gasteiger partial charge in [0.2, 0.25) is 0 Å². The number of unbranched alkanes of at least 4 members (excludes halogenated alkanes) is 5. The molecule has 2 aromatic heterocycles. The molecule has 4 rings (SSSR count). The highest BCUT2D eigenvalue weighted by Crippen LogP contribution is 2.31. The van der Waals surface area contributed by atoms with Crippen LogP contribution in [0.3, 0.4) is 0 Å². The van der Waals surface area contributed by atoms with Gasteiger partial charge >= 0.3 is 5.97 Å². The molecule has 2 heterocycles. The number of ether oxygens (including phenoxy) is 2. The number of hydrogen-bond acceptors (Lipinski definition) is 7. The first-order chi connectivity index (χ1) is 19.6. The van der Waals surface area contributed by atoms with Crippen LogP contribution >= 0.6 is 0 Å². The minimum absolute atomic E-state index is 0.0541. The molecule has 0 saturated carbocycles. The van der Waals surface area contributed by atoms with Crippen molar-refractivity contribution >= 4 is 22.7 Å². The van der Waals surface area contributed by atoms with Gasteiger partial charge in [-0.1, -0.05) is 56.3 Å². The number of aromatic nitrogens is 3. The van der Waals surface area contributed by atoms with E-state index in [9.17, 15) is 9.59 Å². The molecule has 0 aliphatic rings. The normalized spacial score (nSPS) is 11.6. The van der Waals surface area contributed by atoms with E-state index in [1.165, 1.54) is 44.1 Å². The van der Waals surface area contributed by atoms with E-state index in [1.807, 2.05) is 37.5 Å². The summed E-state index contributed by atoms with van der Waals surface area (Å²) in [5, 5.41) is 4.62. The van der Waals surface area contributed by atoms with Crippen LogP contribution in [0.2, 0.25) is 0 Å². The number of benzene rings is 2. The molecule has 0 N–H and O–H groups in total. The van der Waals surface area contributed by atoms with Crippen molar-refractivity contribution in [1.82, 2.24) is 14.7 Å². The van der Waals surface area contributed by atoms with Crippen LogP contribution in [0.1, 0.15) is 88.0 Å². The third-order valence-corrected chi connectivity index (χ3v) is 6.76. The number of fused-ring (bicyclic) bond motifs is 1. The number of hydrogen-bond donors (Lipinski definition) is 0. The van der Waals surface area contributed by atoms with Crippen molar-refractivity contribution in [2.24, 2.45) is 0 Å². The molecule has 0 bridgehead atoms. The fraction of sp³-hybridized carbons (Fsp3) is 0.455. The SMILES string of the molecule is CCCCCCCCc1ccc(OCC(=O)Cn2cc(-c3nc(C)no3)c3cc(C(=O)OC(C)(C)C)ccc32)cc1.